The van der Waals surface area contributed by atoms with Crippen LogP contribution < -0.4 is 20.1 Å². The van der Waals surface area contributed by atoms with Gasteiger partial charge in [-0.25, -0.2) is 4.98 Å². The molecule has 2 aromatic rings. The molecule has 0 aliphatic carbocycles. The third kappa shape index (κ3) is 3.94. The highest BCUT2D eigenvalue weighted by Crippen LogP contribution is 2.42. The fourth-order valence-electron chi connectivity index (χ4n) is 5.05. The van der Waals surface area contributed by atoms with Crippen molar-refractivity contribution < 1.29 is 14.3 Å². The van der Waals surface area contributed by atoms with Gasteiger partial charge in [-0.2, -0.15) is 0 Å². The summed E-state index contributed by atoms with van der Waals surface area (Å²) < 4.78 is 11.1. The number of primary amides is 1. The van der Waals surface area contributed by atoms with Gasteiger partial charge in [0.25, 0.3) is 5.91 Å². The van der Waals surface area contributed by atoms with Crippen molar-refractivity contribution in [2.45, 2.75) is 25.8 Å². The molecule has 2 N–H and O–H groups in total. The topological polar surface area (TPSA) is 80.9 Å². The number of anilines is 1. The van der Waals surface area contributed by atoms with Gasteiger partial charge in [-0.3, -0.25) is 9.69 Å². The lowest BCUT2D eigenvalue weighted by molar-refractivity contribution is 0.0979. The van der Waals surface area contributed by atoms with Crippen molar-refractivity contribution in [2.75, 3.05) is 45.3 Å². The predicted molar refractivity (Wildman–Crippen MR) is 116 cm³/mol. The summed E-state index contributed by atoms with van der Waals surface area (Å²) in [6.45, 7) is 4.71. The van der Waals surface area contributed by atoms with E-state index >= 15 is 0 Å². The third-order valence-corrected chi connectivity index (χ3v) is 6.41. The van der Waals surface area contributed by atoms with E-state index in [1.165, 1.54) is 6.42 Å². The Kier molecular flexibility index (Phi) is 5.81. The Balaban J connectivity index is 1.49. The lowest BCUT2D eigenvalue weighted by Gasteiger charge is -2.40. The molecule has 2 saturated heterocycles. The van der Waals surface area contributed by atoms with Crippen molar-refractivity contribution >= 4 is 11.7 Å². The molecule has 0 radical (unpaired) electrons. The molecule has 30 heavy (non-hydrogen) atoms. The van der Waals surface area contributed by atoms with Gasteiger partial charge >= 0.3 is 0 Å². The van der Waals surface area contributed by atoms with Gasteiger partial charge < -0.3 is 20.1 Å². The van der Waals surface area contributed by atoms with Crippen molar-refractivity contribution in [3.05, 3.63) is 47.7 Å². The molecule has 160 valence electrons. The molecule has 2 aliphatic heterocycles. The first kappa shape index (κ1) is 20.5. The van der Waals surface area contributed by atoms with E-state index in [0.717, 1.165) is 62.6 Å². The van der Waals surface area contributed by atoms with Crippen molar-refractivity contribution in [1.82, 2.24) is 9.88 Å². The lowest BCUT2D eigenvalue weighted by Crippen LogP contribution is -2.44. The molecule has 7 heteroatoms. The minimum Gasteiger partial charge on any atom is -0.493 e. The predicted octanol–water partition coefficient (Wildman–Crippen LogP) is 2.69. The molecule has 7 nitrogen and oxygen atoms in total. The summed E-state index contributed by atoms with van der Waals surface area (Å²) in [5.41, 5.74) is 7.43. The van der Waals surface area contributed by atoms with E-state index in [-0.39, 0.29) is 5.41 Å². The first-order valence-electron chi connectivity index (χ1n) is 10.5. The Bertz CT molecular complexity index is 919. The minimum absolute atomic E-state index is 0.205. The number of para-hydroxylation sites is 1. The number of likely N-dealkylation sites (tertiary alicyclic amines) is 1. The van der Waals surface area contributed by atoms with E-state index < -0.39 is 5.91 Å². The summed E-state index contributed by atoms with van der Waals surface area (Å²) in [6, 6.07) is 9.58. The molecule has 1 aromatic carbocycles. The van der Waals surface area contributed by atoms with Gasteiger partial charge in [0.2, 0.25) is 0 Å². The Morgan fingerprint density at radius 2 is 2.00 bits per heavy atom. The van der Waals surface area contributed by atoms with Crippen LogP contribution in [-0.4, -0.2) is 56.2 Å². The summed E-state index contributed by atoms with van der Waals surface area (Å²) >= 11 is 0. The van der Waals surface area contributed by atoms with Crippen molar-refractivity contribution in [3.63, 3.8) is 0 Å². The van der Waals surface area contributed by atoms with Gasteiger partial charge in [-0.05, 0) is 44.0 Å². The van der Waals surface area contributed by atoms with Crippen LogP contribution in [-0.2, 0) is 6.54 Å². The number of nitrogens with two attached hydrogens (primary N) is 1. The van der Waals surface area contributed by atoms with E-state index in [9.17, 15) is 4.79 Å². The van der Waals surface area contributed by atoms with Crippen LogP contribution in [0.1, 0.15) is 35.2 Å². The normalized spacial score (nSPS) is 21.7. The number of piperidine rings is 1. The van der Waals surface area contributed by atoms with Crippen LogP contribution in [0.3, 0.4) is 0 Å². The Hall–Kier alpha value is -2.80. The summed E-state index contributed by atoms with van der Waals surface area (Å²) in [5, 5.41) is 0. The zero-order chi connectivity index (χ0) is 21.1. The highest BCUT2D eigenvalue weighted by Gasteiger charge is 2.42. The number of carbonyl (C=O) groups is 1. The maximum Gasteiger partial charge on any atom is 0.252 e. The molecule has 1 aromatic heterocycles. The van der Waals surface area contributed by atoms with E-state index in [1.54, 1.807) is 32.5 Å². The monoisotopic (exact) mass is 410 g/mol. The number of rotatable bonds is 6. The van der Waals surface area contributed by atoms with E-state index in [2.05, 4.69) is 20.9 Å². The summed E-state index contributed by atoms with van der Waals surface area (Å²) in [7, 11) is 3.36. The first-order valence-corrected chi connectivity index (χ1v) is 10.5. The van der Waals surface area contributed by atoms with Crippen LogP contribution in [0.5, 0.6) is 11.5 Å². The molecule has 1 amide bonds. The number of benzene rings is 1. The number of aromatic nitrogens is 1. The van der Waals surface area contributed by atoms with E-state index in [1.807, 2.05) is 12.1 Å². The van der Waals surface area contributed by atoms with E-state index in [4.69, 9.17) is 15.2 Å². The standard InChI is InChI=1S/C23H30N4O3/c1-29-19-8-3-6-17(20(19)30-2)14-26-12-5-9-23(15-26)10-13-27(16-23)22-18(21(24)28)7-4-11-25-22/h3-4,6-8,11H,5,9-10,12-16H2,1-2H3,(H2,24,28)/t23-/m1/s1. The first-order chi connectivity index (χ1) is 14.5. The smallest absolute Gasteiger partial charge is 0.252 e. The van der Waals surface area contributed by atoms with Crippen molar-refractivity contribution in [2.24, 2.45) is 11.1 Å². The number of hydrogen-bond acceptors (Lipinski definition) is 6. The summed E-state index contributed by atoms with van der Waals surface area (Å²) in [6.07, 6.45) is 5.17. The zero-order valence-electron chi connectivity index (χ0n) is 17.8. The number of carbonyl (C=O) groups excluding carboxylic acids is 1. The average Bonchev–Trinajstić information content (AvgIpc) is 3.16. The molecule has 4 rings (SSSR count). The largest absolute Gasteiger partial charge is 0.493 e. The summed E-state index contributed by atoms with van der Waals surface area (Å²) in [4.78, 5) is 21.1. The van der Waals surface area contributed by atoms with E-state index in [0.29, 0.717) is 11.4 Å². The molecule has 2 fully saturated rings. The van der Waals surface area contributed by atoms with Crippen LogP contribution in [0.4, 0.5) is 5.82 Å². The lowest BCUT2D eigenvalue weighted by atomic mass is 9.79. The number of ether oxygens (including phenoxy) is 2. The van der Waals surface area contributed by atoms with Gasteiger partial charge in [0.1, 0.15) is 5.82 Å². The Morgan fingerprint density at radius 1 is 1.13 bits per heavy atom. The zero-order valence-corrected chi connectivity index (χ0v) is 17.8. The van der Waals surface area contributed by atoms with Gasteiger partial charge in [0, 0.05) is 43.4 Å². The molecular formula is C23H30N4O3. The quantitative estimate of drug-likeness (QED) is 0.789. The Morgan fingerprint density at radius 3 is 2.77 bits per heavy atom. The second-order valence-corrected chi connectivity index (χ2v) is 8.38. The Labute approximate surface area is 177 Å². The number of nitrogens with zero attached hydrogens (tertiary/aromatic N) is 3. The van der Waals surface area contributed by atoms with Crippen LogP contribution >= 0.6 is 0 Å². The maximum absolute atomic E-state index is 11.8. The number of methoxy groups -OCH3 is 2. The fourth-order valence-corrected chi connectivity index (χ4v) is 5.05. The second kappa shape index (κ2) is 8.52. The maximum atomic E-state index is 11.8. The molecule has 3 heterocycles. The minimum atomic E-state index is -0.422. The molecule has 0 bridgehead atoms. The SMILES string of the molecule is COc1cccc(CN2CCC[C@@]3(CCN(c4ncccc4C(N)=O)C3)C2)c1OC. The number of amides is 1. The second-order valence-electron chi connectivity index (χ2n) is 8.38. The highest BCUT2D eigenvalue weighted by molar-refractivity contribution is 5.97. The van der Waals surface area contributed by atoms with Crippen LogP contribution in [0.2, 0.25) is 0 Å². The molecular weight excluding hydrogens is 380 g/mol. The van der Waals surface area contributed by atoms with Gasteiger partial charge in [-0.1, -0.05) is 12.1 Å². The molecule has 0 unspecified atom stereocenters. The molecule has 1 atom stereocenters. The number of hydrogen-bond donors (Lipinski definition) is 1. The van der Waals surface area contributed by atoms with Crippen LogP contribution in [0.25, 0.3) is 0 Å². The molecule has 1 spiro atoms. The number of pyridine rings is 1. The molecule has 0 saturated carbocycles. The van der Waals surface area contributed by atoms with Crippen LogP contribution in [0, 0.1) is 5.41 Å². The van der Waals surface area contributed by atoms with Crippen molar-refractivity contribution in [1.29, 1.82) is 0 Å². The molecule has 2 aliphatic rings. The van der Waals surface area contributed by atoms with Crippen molar-refractivity contribution in [3.8, 4) is 11.5 Å². The summed E-state index contributed by atoms with van der Waals surface area (Å²) in [5.74, 6) is 1.87. The van der Waals surface area contributed by atoms with Crippen LogP contribution in [0.15, 0.2) is 36.5 Å². The average molecular weight is 411 g/mol. The fraction of sp³-hybridized carbons (Fsp3) is 0.478. The van der Waals surface area contributed by atoms with Gasteiger partial charge in [0.05, 0.1) is 19.8 Å². The van der Waals surface area contributed by atoms with Gasteiger partial charge in [-0.15, -0.1) is 0 Å². The van der Waals surface area contributed by atoms with Gasteiger partial charge in [0.15, 0.2) is 11.5 Å². The highest BCUT2D eigenvalue weighted by atomic mass is 16.5. The third-order valence-electron chi connectivity index (χ3n) is 6.41.